The third kappa shape index (κ3) is 6.60. The van der Waals surface area contributed by atoms with Crippen LogP contribution in [0.1, 0.15) is 103 Å². The Balaban J connectivity index is 1.00. The lowest BCUT2D eigenvalue weighted by Crippen LogP contribution is -2.52. The molecule has 12 aromatic carbocycles. The van der Waals surface area contributed by atoms with Gasteiger partial charge in [-0.1, -0.05) is 210 Å². The normalized spacial score (nSPS) is 22.6. The van der Waals surface area contributed by atoms with E-state index >= 15 is 0 Å². The molecule has 2 saturated carbocycles. The van der Waals surface area contributed by atoms with Crippen molar-refractivity contribution in [2.24, 2.45) is 0 Å². The highest BCUT2D eigenvalue weighted by Crippen LogP contribution is 2.63. The zero-order valence-corrected chi connectivity index (χ0v) is 46.8. The van der Waals surface area contributed by atoms with Crippen LogP contribution in [0, 0.1) is 0 Å². The van der Waals surface area contributed by atoms with Gasteiger partial charge in [0.2, 0.25) is 0 Å². The molecule has 0 amide bonds. The molecule has 4 atom stereocenters. The molecule has 0 aromatic heterocycles. The van der Waals surface area contributed by atoms with Gasteiger partial charge in [-0.2, -0.15) is 0 Å². The van der Waals surface area contributed by atoms with Crippen molar-refractivity contribution in [1.29, 1.82) is 0 Å². The number of rotatable bonds is 6. The second kappa shape index (κ2) is 17.6. The average molecular weight is 1030 g/mol. The molecule has 2 fully saturated rings. The lowest BCUT2D eigenvalue weighted by atomic mass is 9.66. The summed E-state index contributed by atoms with van der Waals surface area (Å²) in [4.78, 5) is 5.46. The highest BCUT2D eigenvalue weighted by molar-refractivity contribution is 6.33. The van der Waals surface area contributed by atoms with Gasteiger partial charge in [-0.05, 0) is 210 Å². The number of benzene rings is 12. The maximum absolute atomic E-state index is 2.73. The van der Waals surface area contributed by atoms with E-state index < -0.39 is 0 Å². The predicted molar refractivity (Wildman–Crippen MR) is 342 cm³/mol. The van der Waals surface area contributed by atoms with Gasteiger partial charge in [0.25, 0.3) is 0 Å². The molecule has 390 valence electrons. The molecule has 80 heavy (non-hydrogen) atoms. The third-order valence-electron chi connectivity index (χ3n) is 21.4. The quantitative estimate of drug-likeness (QED) is 0.153. The summed E-state index contributed by atoms with van der Waals surface area (Å²) in [6.07, 6.45) is 12.2. The monoisotopic (exact) mass is 1030 g/mol. The van der Waals surface area contributed by atoms with Crippen molar-refractivity contribution in [2.75, 3.05) is 9.80 Å². The third-order valence-corrected chi connectivity index (χ3v) is 21.4. The summed E-state index contributed by atoms with van der Waals surface area (Å²) in [5, 5.41) is 13.0. The second-order valence-corrected chi connectivity index (χ2v) is 25.2. The van der Waals surface area contributed by atoms with E-state index in [0.717, 1.165) is 0 Å². The van der Waals surface area contributed by atoms with Crippen molar-refractivity contribution in [3.05, 3.63) is 230 Å². The molecule has 2 nitrogen and oxygen atoms in total. The van der Waals surface area contributed by atoms with Crippen LogP contribution in [-0.2, 0) is 10.8 Å². The van der Waals surface area contributed by atoms with Gasteiger partial charge >= 0.3 is 0 Å². The second-order valence-electron chi connectivity index (χ2n) is 25.2. The lowest BCUT2D eigenvalue weighted by Gasteiger charge is -2.46. The minimum atomic E-state index is -0.0549. The van der Waals surface area contributed by atoms with Crippen LogP contribution in [-0.4, -0.2) is 11.1 Å². The summed E-state index contributed by atoms with van der Waals surface area (Å²) >= 11 is 0. The van der Waals surface area contributed by atoms with Gasteiger partial charge in [-0.15, -0.1) is 0 Å². The molecule has 2 aliphatic heterocycles. The zero-order valence-electron chi connectivity index (χ0n) is 46.8. The van der Waals surface area contributed by atoms with Crippen molar-refractivity contribution in [2.45, 2.75) is 114 Å². The number of para-hydroxylation sites is 2. The summed E-state index contributed by atoms with van der Waals surface area (Å²) in [5.41, 5.74) is 18.4. The van der Waals surface area contributed by atoms with Crippen LogP contribution in [0.3, 0.4) is 0 Å². The van der Waals surface area contributed by atoms with Gasteiger partial charge in [0, 0.05) is 33.6 Å². The van der Waals surface area contributed by atoms with E-state index in [0.29, 0.717) is 0 Å². The summed E-state index contributed by atoms with van der Waals surface area (Å²) in [6.45, 7) is 10.3. The molecule has 2 aliphatic carbocycles. The van der Waals surface area contributed by atoms with Crippen molar-refractivity contribution in [1.82, 2.24) is 0 Å². The van der Waals surface area contributed by atoms with E-state index in [1.54, 1.807) is 0 Å². The fourth-order valence-electron chi connectivity index (χ4n) is 17.0. The van der Waals surface area contributed by atoms with Gasteiger partial charge in [0.05, 0.1) is 11.1 Å². The van der Waals surface area contributed by atoms with Gasteiger partial charge in [0.1, 0.15) is 0 Å². The van der Waals surface area contributed by atoms with Gasteiger partial charge in [-0.3, -0.25) is 0 Å². The van der Waals surface area contributed by atoms with Crippen LogP contribution in [0.25, 0.3) is 98.4 Å². The van der Waals surface area contributed by atoms with Crippen molar-refractivity contribution >= 4 is 76.6 Å². The number of nitrogens with zero attached hydrogens (tertiary/aromatic N) is 2. The first kappa shape index (κ1) is 47.8. The van der Waals surface area contributed by atoms with Gasteiger partial charge in [0.15, 0.2) is 0 Å². The smallest absolute Gasteiger partial charge is 0.0517 e. The first-order valence-corrected chi connectivity index (χ1v) is 29.9. The fourth-order valence-corrected chi connectivity index (χ4v) is 17.0. The number of fused-ring (bicyclic) bond motifs is 8. The summed E-state index contributed by atoms with van der Waals surface area (Å²) in [6, 6.07) is 84.5. The highest BCUT2D eigenvalue weighted by Gasteiger charge is 2.58. The minimum Gasteiger partial charge on any atom is -0.334 e. The molecule has 4 aliphatic rings. The predicted octanol–water partition coefficient (Wildman–Crippen LogP) is 21.8. The molecule has 4 unspecified atom stereocenters. The molecule has 12 aromatic rings. The lowest BCUT2D eigenvalue weighted by molar-refractivity contribution is 0.261. The standard InChI is InChI=1S/C78H68N2/c1-75-43-17-7-19-45-77(75,3)79(55-27-9-5-10-28-55)71-41-35-53(47-69(71)75)65-49-67(59-33-21-25-51-23-13-15-31-57(51)59)63-40-38-62-66(50-68(64-39-37-61(65)73(63)74(62)64)60-34-22-26-52-24-14-16-32-58(52)60)54-36-42-72-70(48-54)76(2)44-18-8-20-46-78(76,4)80(72)56-29-11-6-12-30-56/h5-6,9-16,21-42,47-50H,7-8,17-20,43-46H2,1-4H3. The van der Waals surface area contributed by atoms with Crippen molar-refractivity contribution in [3.63, 3.8) is 0 Å². The Morgan fingerprint density at radius 1 is 0.287 bits per heavy atom. The van der Waals surface area contributed by atoms with Crippen LogP contribution >= 0.6 is 0 Å². The van der Waals surface area contributed by atoms with Crippen LogP contribution in [0.5, 0.6) is 0 Å². The largest absolute Gasteiger partial charge is 0.334 e. The molecule has 0 N–H and O–H groups in total. The Kier molecular flexibility index (Phi) is 10.5. The Morgan fingerprint density at radius 3 is 1.10 bits per heavy atom. The molecule has 2 heterocycles. The van der Waals surface area contributed by atoms with Crippen molar-refractivity contribution in [3.8, 4) is 44.5 Å². The fraction of sp³-hybridized carbons (Fsp3) is 0.231. The molecule has 0 spiro atoms. The van der Waals surface area contributed by atoms with E-state index in [1.807, 2.05) is 0 Å². The maximum atomic E-state index is 2.73. The Morgan fingerprint density at radius 2 is 0.662 bits per heavy atom. The van der Waals surface area contributed by atoms with Crippen LogP contribution < -0.4 is 9.80 Å². The molecule has 0 saturated heterocycles. The molecule has 0 radical (unpaired) electrons. The Hall–Kier alpha value is -8.20. The minimum absolute atomic E-state index is 0.0333. The number of hydrogen-bond donors (Lipinski definition) is 0. The molecule has 16 rings (SSSR count). The summed E-state index contributed by atoms with van der Waals surface area (Å²) < 4.78 is 0. The van der Waals surface area contributed by atoms with Crippen LogP contribution in [0.15, 0.2) is 218 Å². The summed E-state index contributed by atoms with van der Waals surface area (Å²) in [7, 11) is 0. The van der Waals surface area contributed by atoms with E-state index in [2.05, 4.69) is 256 Å². The van der Waals surface area contributed by atoms with E-state index in [1.165, 1.54) is 196 Å². The molecule has 2 heteroatoms. The molecular weight excluding hydrogens is 965 g/mol. The maximum Gasteiger partial charge on any atom is 0.0517 e. The first-order valence-electron chi connectivity index (χ1n) is 29.9. The van der Waals surface area contributed by atoms with E-state index in [-0.39, 0.29) is 21.9 Å². The molecular formula is C78H68N2. The van der Waals surface area contributed by atoms with E-state index in [4.69, 9.17) is 0 Å². The van der Waals surface area contributed by atoms with Gasteiger partial charge < -0.3 is 9.80 Å². The number of hydrogen-bond acceptors (Lipinski definition) is 2. The van der Waals surface area contributed by atoms with Crippen LogP contribution in [0.4, 0.5) is 22.7 Å². The molecule has 0 bridgehead atoms. The zero-order chi connectivity index (χ0) is 53.5. The topological polar surface area (TPSA) is 6.48 Å². The Bertz CT molecular complexity index is 4160. The Labute approximate surface area is 471 Å². The average Bonchev–Trinajstić information content (AvgIpc) is 3.85. The summed E-state index contributed by atoms with van der Waals surface area (Å²) in [5.74, 6) is 0. The SMILES string of the molecule is CC12CCCCCC1(C)N(c1ccccc1)c1ccc(-c3cc(-c4cccc5ccccc45)c4ccc5c(-c6ccc7c(c6)C6(C)CCCCCC6(C)N7c6ccccc6)cc(-c6cccc7ccccc67)c6ccc3c4c56)cc12. The first-order chi connectivity index (χ1) is 39.2. The van der Waals surface area contributed by atoms with Gasteiger partial charge in [-0.25, -0.2) is 0 Å². The highest BCUT2D eigenvalue weighted by atomic mass is 15.3. The van der Waals surface area contributed by atoms with E-state index in [9.17, 15) is 0 Å². The van der Waals surface area contributed by atoms with Crippen molar-refractivity contribution < 1.29 is 0 Å². The number of anilines is 4. The van der Waals surface area contributed by atoms with Crippen LogP contribution in [0.2, 0.25) is 0 Å².